The third-order valence-electron chi connectivity index (χ3n) is 3.74. The Balaban J connectivity index is 1.95. The monoisotopic (exact) mass is 277 g/mol. The van der Waals surface area contributed by atoms with E-state index in [1.807, 2.05) is 13.0 Å². The Morgan fingerprint density at radius 2 is 2.15 bits per heavy atom. The molecule has 2 rings (SSSR count). The van der Waals surface area contributed by atoms with Crippen LogP contribution in [0.3, 0.4) is 0 Å². The van der Waals surface area contributed by atoms with Crippen molar-refractivity contribution in [1.82, 2.24) is 10.3 Å². The van der Waals surface area contributed by atoms with Gasteiger partial charge in [-0.1, -0.05) is 19.3 Å². The van der Waals surface area contributed by atoms with Gasteiger partial charge in [0, 0.05) is 25.0 Å². The van der Waals surface area contributed by atoms with Gasteiger partial charge < -0.3 is 15.7 Å². The fourth-order valence-corrected chi connectivity index (χ4v) is 2.57. The first kappa shape index (κ1) is 14.8. The van der Waals surface area contributed by atoms with E-state index >= 15 is 0 Å². The summed E-state index contributed by atoms with van der Waals surface area (Å²) in [5, 5.41) is 16.4. The predicted octanol–water partition coefficient (Wildman–Crippen LogP) is 1.94. The maximum absolute atomic E-state index is 11.7. The zero-order valence-corrected chi connectivity index (χ0v) is 12.0. The zero-order valence-electron chi connectivity index (χ0n) is 12.0. The second kappa shape index (κ2) is 6.70. The summed E-state index contributed by atoms with van der Waals surface area (Å²) < 4.78 is 0. The number of pyridine rings is 1. The number of carbonyl (C=O) groups excluding carboxylic acids is 1. The van der Waals surface area contributed by atoms with Crippen molar-refractivity contribution in [2.24, 2.45) is 0 Å². The molecule has 20 heavy (non-hydrogen) atoms. The fraction of sp³-hybridized carbons (Fsp3) is 0.600. The molecular formula is C15H23N3O2. The molecule has 0 aromatic carbocycles. The number of anilines is 1. The lowest BCUT2D eigenvalue weighted by molar-refractivity contribution is 0.0167. The van der Waals surface area contributed by atoms with Crippen LogP contribution in [0.2, 0.25) is 0 Å². The molecule has 3 N–H and O–H groups in total. The largest absolute Gasteiger partial charge is 0.388 e. The van der Waals surface area contributed by atoms with E-state index < -0.39 is 5.60 Å². The van der Waals surface area contributed by atoms with Gasteiger partial charge in [0.25, 0.3) is 5.91 Å². The smallest absolute Gasteiger partial charge is 0.269 e. The summed E-state index contributed by atoms with van der Waals surface area (Å²) in [7, 11) is 0. The lowest BCUT2D eigenvalue weighted by Crippen LogP contribution is -2.38. The van der Waals surface area contributed by atoms with Crippen LogP contribution in [0.15, 0.2) is 18.3 Å². The molecule has 1 fully saturated rings. The summed E-state index contributed by atoms with van der Waals surface area (Å²) in [6.45, 7) is 2.97. The van der Waals surface area contributed by atoms with E-state index in [2.05, 4.69) is 15.6 Å². The minimum atomic E-state index is -0.618. The summed E-state index contributed by atoms with van der Waals surface area (Å²) >= 11 is 0. The lowest BCUT2D eigenvalue weighted by Gasteiger charge is -2.32. The van der Waals surface area contributed by atoms with E-state index in [-0.39, 0.29) is 5.91 Å². The molecule has 1 aromatic rings. The molecule has 5 heteroatoms. The molecular weight excluding hydrogens is 254 g/mol. The highest BCUT2D eigenvalue weighted by Gasteiger charge is 2.28. The van der Waals surface area contributed by atoms with Gasteiger partial charge in [-0.3, -0.25) is 9.78 Å². The molecule has 0 radical (unpaired) electrons. The maximum Gasteiger partial charge on any atom is 0.269 e. The van der Waals surface area contributed by atoms with Gasteiger partial charge >= 0.3 is 0 Å². The summed E-state index contributed by atoms with van der Waals surface area (Å²) in [5.41, 5.74) is 0.598. The summed E-state index contributed by atoms with van der Waals surface area (Å²) in [5.74, 6) is -0.174. The standard InChI is InChI=1S/C15H23N3O2/c1-2-16-14(19)13-10-12(6-9-17-13)18-11-15(20)7-4-3-5-8-15/h6,9-10,20H,2-5,7-8,11H2,1H3,(H,16,19)(H,17,18). The predicted molar refractivity (Wildman–Crippen MR) is 78.8 cm³/mol. The first-order chi connectivity index (χ1) is 9.63. The Morgan fingerprint density at radius 1 is 1.40 bits per heavy atom. The number of rotatable bonds is 5. The summed E-state index contributed by atoms with van der Waals surface area (Å²) in [4.78, 5) is 15.8. The van der Waals surface area contributed by atoms with Crippen LogP contribution in [0.1, 0.15) is 49.5 Å². The number of aromatic nitrogens is 1. The number of hydrogen-bond donors (Lipinski definition) is 3. The molecule has 1 heterocycles. The number of hydrogen-bond acceptors (Lipinski definition) is 4. The van der Waals surface area contributed by atoms with Gasteiger partial charge in [-0.05, 0) is 31.9 Å². The lowest BCUT2D eigenvalue weighted by atomic mass is 9.85. The van der Waals surface area contributed by atoms with Gasteiger partial charge in [-0.2, -0.15) is 0 Å². The van der Waals surface area contributed by atoms with Gasteiger partial charge in [0.15, 0.2) is 0 Å². The Hall–Kier alpha value is -1.62. The average molecular weight is 277 g/mol. The molecule has 0 spiro atoms. The number of nitrogens with one attached hydrogen (secondary N) is 2. The van der Waals surface area contributed by atoms with Crippen LogP contribution in [0.5, 0.6) is 0 Å². The molecule has 1 amide bonds. The van der Waals surface area contributed by atoms with Crippen LogP contribution in [0.25, 0.3) is 0 Å². The molecule has 0 unspecified atom stereocenters. The van der Waals surface area contributed by atoms with Crippen molar-refractivity contribution in [2.75, 3.05) is 18.4 Å². The Labute approximate surface area is 119 Å². The molecule has 1 aliphatic rings. The van der Waals surface area contributed by atoms with Crippen LogP contribution < -0.4 is 10.6 Å². The third-order valence-corrected chi connectivity index (χ3v) is 3.74. The van der Waals surface area contributed by atoms with Crippen LogP contribution in [0.4, 0.5) is 5.69 Å². The van der Waals surface area contributed by atoms with Crippen LogP contribution in [0, 0.1) is 0 Å². The molecule has 0 bridgehead atoms. The highest BCUT2D eigenvalue weighted by atomic mass is 16.3. The van der Waals surface area contributed by atoms with Gasteiger partial charge in [0.2, 0.25) is 0 Å². The van der Waals surface area contributed by atoms with Gasteiger partial charge in [0.05, 0.1) is 5.60 Å². The van der Waals surface area contributed by atoms with Crippen molar-refractivity contribution >= 4 is 11.6 Å². The minimum Gasteiger partial charge on any atom is -0.388 e. The van der Waals surface area contributed by atoms with Crippen molar-refractivity contribution in [3.8, 4) is 0 Å². The molecule has 5 nitrogen and oxygen atoms in total. The highest BCUT2D eigenvalue weighted by Crippen LogP contribution is 2.28. The van der Waals surface area contributed by atoms with Crippen LogP contribution in [-0.2, 0) is 0 Å². The number of carbonyl (C=O) groups is 1. The minimum absolute atomic E-state index is 0.174. The summed E-state index contributed by atoms with van der Waals surface area (Å²) in [6.07, 6.45) is 6.66. The van der Waals surface area contributed by atoms with Crippen molar-refractivity contribution in [2.45, 2.75) is 44.6 Å². The van der Waals surface area contributed by atoms with Crippen molar-refractivity contribution < 1.29 is 9.90 Å². The molecule has 1 aromatic heterocycles. The third kappa shape index (κ3) is 3.93. The van der Waals surface area contributed by atoms with Gasteiger partial charge in [-0.25, -0.2) is 0 Å². The van der Waals surface area contributed by atoms with E-state index in [4.69, 9.17) is 0 Å². The van der Waals surface area contributed by atoms with Crippen LogP contribution >= 0.6 is 0 Å². The fourth-order valence-electron chi connectivity index (χ4n) is 2.57. The van der Waals surface area contributed by atoms with E-state index in [1.54, 1.807) is 12.3 Å². The zero-order chi connectivity index (χ0) is 14.4. The Kier molecular flexibility index (Phi) is 4.95. The van der Waals surface area contributed by atoms with Crippen molar-refractivity contribution in [3.63, 3.8) is 0 Å². The Bertz CT molecular complexity index is 456. The number of aliphatic hydroxyl groups is 1. The van der Waals surface area contributed by atoms with E-state index in [0.29, 0.717) is 18.8 Å². The first-order valence-electron chi connectivity index (χ1n) is 7.33. The quantitative estimate of drug-likeness (QED) is 0.769. The second-order valence-electron chi connectivity index (χ2n) is 5.43. The Morgan fingerprint density at radius 3 is 2.85 bits per heavy atom. The molecule has 0 saturated heterocycles. The van der Waals surface area contributed by atoms with E-state index in [0.717, 1.165) is 31.4 Å². The van der Waals surface area contributed by atoms with Crippen molar-refractivity contribution in [1.29, 1.82) is 0 Å². The summed E-state index contributed by atoms with van der Waals surface area (Å²) in [6, 6.07) is 3.53. The topological polar surface area (TPSA) is 74.2 Å². The number of amides is 1. The van der Waals surface area contributed by atoms with E-state index in [9.17, 15) is 9.90 Å². The van der Waals surface area contributed by atoms with Crippen LogP contribution in [-0.4, -0.2) is 34.7 Å². The van der Waals surface area contributed by atoms with Crippen molar-refractivity contribution in [3.05, 3.63) is 24.0 Å². The van der Waals surface area contributed by atoms with E-state index in [1.165, 1.54) is 6.42 Å². The molecule has 0 aliphatic heterocycles. The highest BCUT2D eigenvalue weighted by molar-refractivity contribution is 5.93. The molecule has 1 saturated carbocycles. The SMILES string of the molecule is CCNC(=O)c1cc(NCC2(O)CCCCC2)ccn1. The van der Waals surface area contributed by atoms with Gasteiger partial charge in [0.1, 0.15) is 5.69 Å². The maximum atomic E-state index is 11.7. The van der Waals surface area contributed by atoms with Gasteiger partial charge in [-0.15, -0.1) is 0 Å². The second-order valence-corrected chi connectivity index (χ2v) is 5.43. The first-order valence-corrected chi connectivity index (χ1v) is 7.33. The number of nitrogens with zero attached hydrogens (tertiary/aromatic N) is 1. The normalized spacial score (nSPS) is 17.5. The molecule has 110 valence electrons. The average Bonchev–Trinajstić information content (AvgIpc) is 2.47. The molecule has 0 atom stereocenters. The molecule has 1 aliphatic carbocycles.